The lowest BCUT2D eigenvalue weighted by molar-refractivity contribution is -0.120. The van der Waals surface area contributed by atoms with E-state index >= 15 is 0 Å². The number of amides is 1. The molecule has 4 unspecified atom stereocenters. The largest absolute Gasteiger partial charge is 0.477 e. The monoisotopic (exact) mass is 404 g/mol. The molecule has 3 N–H and O–H groups in total. The molecule has 2 aliphatic carbocycles. The number of nitrogens with one attached hydrogen (secondary N) is 2. The highest BCUT2D eigenvalue weighted by atomic mass is 16.5. The van der Waals surface area contributed by atoms with Crippen molar-refractivity contribution in [2.45, 2.75) is 78.1 Å². The number of ether oxygens (including phenoxy) is 1. The molecule has 1 aromatic heterocycles. The molecule has 2 saturated carbocycles. The first kappa shape index (κ1) is 21.8. The third-order valence-electron chi connectivity index (χ3n) is 5.86. The van der Waals surface area contributed by atoms with Crippen LogP contribution in [0.15, 0.2) is 12.3 Å². The predicted molar refractivity (Wildman–Crippen MR) is 113 cm³/mol. The van der Waals surface area contributed by atoms with Gasteiger partial charge in [-0.05, 0) is 56.9 Å². The van der Waals surface area contributed by atoms with Crippen molar-refractivity contribution in [3.8, 4) is 5.88 Å². The summed E-state index contributed by atoms with van der Waals surface area (Å²) in [6.07, 6.45) is 9.50. The quantitative estimate of drug-likeness (QED) is 0.551. The highest BCUT2D eigenvalue weighted by Gasteiger charge is 2.40. The number of rotatable bonds is 9. The van der Waals surface area contributed by atoms with E-state index in [2.05, 4.69) is 29.6 Å². The van der Waals surface area contributed by atoms with Crippen molar-refractivity contribution in [1.82, 2.24) is 20.4 Å². The highest BCUT2D eigenvalue weighted by molar-refractivity contribution is 5.74. The minimum absolute atomic E-state index is 0.0948. The van der Waals surface area contributed by atoms with E-state index in [4.69, 9.17) is 4.74 Å². The summed E-state index contributed by atoms with van der Waals surface area (Å²) < 4.78 is 7.66. The summed E-state index contributed by atoms with van der Waals surface area (Å²) in [7, 11) is 0. The van der Waals surface area contributed by atoms with Gasteiger partial charge in [0, 0.05) is 19.2 Å². The Morgan fingerprint density at radius 3 is 2.76 bits per heavy atom. The number of hydrogen-bond donors (Lipinski definition) is 3. The van der Waals surface area contributed by atoms with Gasteiger partial charge < -0.3 is 15.2 Å². The van der Waals surface area contributed by atoms with Crippen LogP contribution in [0.4, 0.5) is 0 Å². The Morgan fingerprint density at radius 2 is 2.17 bits per heavy atom. The molecule has 0 saturated heterocycles. The first-order chi connectivity index (χ1) is 13.6. The van der Waals surface area contributed by atoms with E-state index in [1.165, 1.54) is 26.2 Å². The Labute approximate surface area is 173 Å². The van der Waals surface area contributed by atoms with Gasteiger partial charge in [-0.1, -0.05) is 20.3 Å². The summed E-state index contributed by atoms with van der Waals surface area (Å²) in [5.74, 6) is 2.27. The molecule has 2 bridgehead atoms. The molecule has 1 heterocycles. The second-order valence-electron chi connectivity index (χ2n) is 9.62. The summed E-state index contributed by atoms with van der Waals surface area (Å²) in [6.45, 7) is 10.0. The molecule has 1 amide bonds. The Kier molecular flexibility index (Phi) is 6.69. The molecule has 4 atom stereocenters. The van der Waals surface area contributed by atoms with E-state index in [9.17, 15) is 9.90 Å². The third kappa shape index (κ3) is 5.60. The number of aromatic nitrogens is 2. The van der Waals surface area contributed by atoms with Gasteiger partial charge in [0.25, 0.3) is 0 Å². The summed E-state index contributed by atoms with van der Waals surface area (Å²) in [6, 6.07) is 0.360. The minimum Gasteiger partial charge on any atom is -0.477 e. The molecule has 0 radical (unpaired) electrons. The fourth-order valence-corrected chi connectivity index (χ4v) is 4.55. The Balaban J connectivity index is 1.76. The Morgan fingerprint density at radius 1 is 1.41 bits per heavy atom. The topological polar surface area (TPSA) is 88.4 Å². The molecule has 7 nitrogen and oxygen atoms in total. The van der Waals surface area contributed by atoms with Gasteiger partial charge in [-0.25, -0.2) is 4.68 Å². The van der Waals surface area contributed by atoms with Gasteiger partial charge in [0.2, 0.25) is 11.8 Å². The van der Waals surface area contributed by atoms with Crippen molar-refractivity contribution >= 4 is 12.1 Å². The molecule has 29 heavy (non-hydrogen) atoms. The third-order valence-corrected chi connectivity index (χ3v) is 5.86. The number of carbonyl (C=O) groups is 1. The average molecular weight is 405 g/mol. The minimum atomic E-state index is -0.813. The summed E-state index contributed by atoms with van der Waals surface area (Å²) in [5, 5.41) is 21.6. The van der Waals surface area contributed by atoms with Gasteiger partial charge in [-0.3, -0.25) is 10.1 Å². The number of aliphatic hydroxyl groups is 1. The lowest BCUT2D eigenvalue weighted by atomic mass is 9.95. The SMILES string of the molecule is CC(=O)NC(C)(C)/C=C/n1ncc(C(O)NC2CC3CCC2C3)c1OCC(C)C. The molecule has 0 aliphatic heterocycles. The van der Waals surface area contributed by atoms with Crippen LogP contribution in [0.1, 0.15) is 72.1 Å². The van der Waals surface area contributed by atoms with Crippen LogP contribution in [0.2, 0.25) is 0 Å². The Hall–Kier alpha value is -1.86. The highest BCUT2D eigenvalue weighted by Crippen LogP contribution is 2.45. The first-order valence-electron chi connectivity index (χ1n) is 10.8. The number of nitrogens with zero attached hydrogens (tertiary/aromatic N) is 2. The van der Waals surface area contributed by atoms with Crippen LogP contribution in [-0.2, 0) is 4.79 Å². The van der Waals surface area contributed by atoms with E-state index in [0.29, 0.717) is 35.9 Å². The number of fused-ring (bicyclic) bond motifs is 2. The van der Waals surface area contributed by atoms with Crippen LogP contribution in [0.3, 0.4) is 0 Å². The predicted octanol–water partition coefficient (Wildman–Crippen LogP) is 3.07. The molecular weight excluding hydrogens is 368 g/mol. The van der Waals surface area contributed by atoms with Gasteiger partial charge in [-0.15, -0.1) is 0 Å². The van der Waals surface area contributed by atoms with Gasteiger partial charge in [-0.2, -0.15) is 5.10 Å². The zero-order valence-electron chi connectivity index (χ0n) is 18.3. The van der Waals surface area contributed by atoms with E-state index in [1.54, 1.807) is 17.1 Å². The van der Waals surface area contributed by atoms with Crippen molar-refractivity contribution in [1.29, 1.82) is 0 Å². The van der Waals surface area contributed by atoms with Crippen molar-refractivity contribution in [2.24, 2.45) is 17.8 Å². The van der Waals surface area contributed by atoms with Crippen LogP contribution in [0.5, 0.6) is 5.88 Å². The van der Waals surface area contributed by atoms with Gasteiger partial charge >= 0.3 is 0 Å². The van der Waals surface area contributed by atoms with Crippen LogP contribution < -0.4 is 15.4 Å². The number of aliphatic hydroxyl groups excluding tert-OH is 1. The van der Waals surface area contributed by atoms with Gasteiger partial charge in [0.15, 0.2) is 0 Å². The fourth-order valence-electron chi connectivity index (χ4n) is 4.55. The average Bonchev–Trinajstić information content (AvgIpc) is 3.32. The maximum atomic E-state index is 11.4. The van der Waals surface area contributed by atoms with E-state index in [0.717, 1.165) is 12.3 Å². The zero-order chi connectivity index (χ0) is 21.2. The summed E-state index contributed by atoms with van der Waals surface area (Å²) >= 11 is 0. The molecular formula is C22H36N4O3. The molecule has 1 aromatic rings. The zero-order valence-corrected chi connectivity index (χ0v) is 18.3. The van der Waals surface area contributed by atoms with Crippen molar-refractivity contribution in [2.75, 3.05) is 6.61 Å². The summed E-state index contributed by atoms with van der Waals surface area (Å²) in [4.78, 5) is 11.4. The summed E-state index contributed by atoms with van der Waals surface area (Å²) in [5.41, 5.74) is 0.128. The van der Waals surface area contributed by atoms with E-state index in [-0.39, 0.29) is 5.91 Å². The van der Waals surface area contributed by atoms with E-state index in [1.807, 2.05) is 19.9 Å². The molecule has 0 spiro atoms. The lowest BCUT2D eigenvalue weighted by Crippen LogP contribution is -2.40. The smallest absolute Gasteiger partial charge is 0.223 e. The molecule has 7 heteroatoms. The lowest BCUT2D eigenvalue weighted by Gasteiger charge is -2.26. The normalized spacial score (nSPS) is 25.1. The van der Waals surface area contributed by atoms with Crippen molar-refractivity contribution < 1.29 is 14.6 Å². The maximum absolute atomic E-state index is 11.4. The number of hydrogen-bond acceptors (Lipinski definition) is 5. The molecule has 2 fully saturated rings. The second kappa shape index (κ2) is 8.88. The molecule has 162 valence electrons. The second-order valence-corrected chi connectivity index (χ2v) is 9.62. The van der Waals surface area contributed by atoms with Crippen molar-refractivity contribution in [3.63, 3.8) is 0 Å². The fraction of sp³-hybridized carbons (Fsp3) is 0.727. The Bertz CT molecular complexity index is 740. The standard InChI is InChI=1S/C22H36N4O3/c1-14(2)13-29-21-18(20(28)24-19-11-16-6-7-17(19)10-16)12-23-26(21)9-8-22(4,5)25-15(3)27/h8-9,12,14,16-17,19-20,24,28H,6-7,10-11,13H2,1-5H3,(H,25,27)/b9-8+. The first-order valence-corrected chi connectivity index (χ1v) is 10.8. The van der Waals surface area contributed by atoms with E-state index < -0.39 is 11.8 Å². The van der Waals surface area contributed by atoms with Gasteiger partial charge in [0.05, 0.1) is 23.9 Å². The maximum Gasteiger partial charge on any atom is 0.223 e. The van der Waals surface area contributed by atoms with Gasteiger partial charge in [0.1, 0.15) is 6.23 Å². The molecule has 3 rings (SSSR count). The van der Waals surface area contributed by atoms with Crippen molar-refractivity contribution in [3.05, 3.63) is 17.8 Å². The van der Waals surface area contributed by atoms with Crippen LogP contribution in [-0.4, -0.2) is 39.0 Å². The van der Waals surface area contributed by atoms with Crippen LogP contribution in [0, 0.1) is 17.8 Å². The van der Waals surface area contributed by atoms with Crippen LogP contribution in [0.25, 0.3) is 6.20 Å². The van der Waals surface area contributed by atoms with Crippen LogP contribution >= 0.6 is 0 Å². The number of carbonyl (C=O) groups excluding carboxylic acids is 1. The molecule has 2 aliphatic rings. The molecule has 0 aromatic carbocycles.